The number of halogens is 1. The Labute approximate surface area is 200 Å². The van der Waals surface area contributed by atoms with Gasteiger partial charge < -0.3 is 9.80 Å². The van der Waals surface area contributed by atoms with Crippen molar-refractivity contribution in [2.24, 2.45) is 0 Å². The van der Waals surface area contributed by atoms with E-state index in [0.717, 1.165) is 13.0 Å². The van der Waals surface area contributed by atoms with Gasteiger partial charge in [-0.2, -0.15) is 0 Å². The molecular formula is C24H24ClN3O2S2. The van der Waals surface area contributed by atoms with Crippen molar-refractivity contribution in [2.45, 2.75) is 12.5 Å². The second kappa shape index (κ2) is 9.35. The average Bonchev–Trinajstić information content (AvgIpc) is 3.51. The summed E-state index contributed by atoms with van der Waals surface area (Å²) in [5.74, 6) is 0.184. The highest BCUT2D eigenvalue weighted by Crippen LogP contribution is 2.39. The van der Waals surface area contributed by atoms with E-state index in [1.165, 1.54) is 15.3 Å². The van der Waals surface area contributed by atoms with E-state index in [-0.39, 0.29) is 17.9 Å². The molecule has 2 aliphatic heterocycles. The Hall–Kier alpha value is -2.19. The molecule has 0 saturated carbocycles. The lowest BCUT2D eigenvalue weighted by atomic mass is 9.98. The fourth-order valence-electron chi connectivity index (χ4n) is 4.50. The second-order valence-corrected chi connectivity index (χ2v) is 10.5. The lowest BCUT2D eigenvalue weighted by molar-refractivity contribution is -0.134. The Balaban J connectivity index is 1.22. The maximum absolute atomic E-state index is 13.4. The maximum atomic E-state index is 13.4. The zero-order chi connectivity index (χ0) is 22.1. The van der Waals surface area contributed by atoms with Crippen LogP contribution in [0, 0.1) is 0 Å². The molecule has 0 aliphatic carbocycles. The summed E-state index contributed by atoms with van der Waals surface area (Å²) in [6.45, 7) is 3.79. The molecule has 0 bridgehead atoms. The highest BCUT2D eigenvalue weighted by Gasteiger charge is 2.34. The standard InChI is InChI=1S/C24H24ClN3O2S2/c25-18-5-3-17(4-6-18)24(30)27-12-10-26(11-13-27)16-22(29)28-9-7-20-19(8-15-32-20)23(28)21-2-1-14-31-21/h1-6,8,14-15,23H,7,9-13,16H2. The molecule has 5 nitrogen and oxygen atoms in total. The lowest BCUT2D eigenvalue weighted by Crippen LogP contribution is -2.52. The molecule has 2 aliphatic rings. The summed E-state index contributed by atoms with van der Waals surface area (Å²) >= 11 is 9.43. The second-order valence-electron chi connectivity index (χ2n) is 8.13. The Morgan fingerprint density at radius 3 is 2.44 bits per heavy atom. The van der Waals surface area contributed by atoms with Gasteiger partial charge in [-0.05, 0) is 59.1 Å². The molecule has 0 N–H and O–H groups in total. The quantitative estimate of drug-likeness (QED) is 0.550. The minimum Gasteiger partial charge on any atom is -0.336 e. The Kier molecular flexibility index (Phi) is 6.33. The monoisotopic (exact) mass is 485 g/mol. The van der Waals surface area contributed by atoms with Gasteiger partial charge in [-0.15, -0.1) is 22.7 Å². The third kappa shape index (κ3) is 4.35. The third-order valence-electron chi connectivity index (χ3n) is 6.21. The van der Waals surface area contributed by atoms with Crippen LogP contribution in [0.4, 0.5) is 0 Å². The van der Waals surface area contributed by atoms with Crippen molar-refractivity contribution < 1.29 is 9.59 Å². The van der Waals surface area contributed by atoms with Gasteiger partial charge >= 0.3 is 0 Å². The van der Waals surface area contributed by atoms with Crippen LogP contribution in [0.15, 0.2) is 53.2 Å². The molecule has 0 spiro atoms. The molecule has 166 valence electrons. The van der Waals surface area contributed by atoms with Crippen molar-refractivity contribution in [3.05, 3.63) is 79.1 Å². The first kappa shape index (κ1) is 21.6. The van der Waals surface area contributed by atoms with Gasteiger partial charge in [-0.3, -0.25) is 14.5 Å². The van der Waals surface area contributed by atoms with E-state index in [4.69, 9.17) is 11.6 Å². The van der Waals surface area contributed by atoms with Crippen molar-refractivity contribution in [3.8, 4) is 0 Å². The van der Waals surface area contributed by atoms with Crippen molar-refractivity contribution in [1.29, 1.82) is 0 Å². The fourth-order valence-corrected chi connectivity index (χ4v) is 6.39. The number of benzene rings is 1. The van der Waals surface area contributed by atoms with Crippen molar-refractivity contribution in [2.75, 3.05) is 39.3 Å². The Bertz CT molecular complexity index is 1090. The van der Waals surface area contributed by atoms with Gasteiger partial charge in [0.25, 0.3) is 5.91 Å². The minimum atomic E-state index is 0.0188. The zero-order valence-corrected chi connectivity index (χ0v) is 20.0. The van der Waals surface area contributed by atoms with Gasteiger partial charge in [-0.1, -0.05) is 17.7 Å². The fraction of sp³-hybridized carbons (Fsp3) is 0.333. The van der Waals surface area contributed by atoms with Crippen molar-refractivity contribution in [3.63, 3.8) is 0 Å². The summed E-state index contributed by atoms with van der Waals surface area (Å²) in [5, 5.41) is 4.84. The molecule has 2 aromatic heterocycles. The molecule has 5 rings (SSSR count). The van der Waals surface area contributed by atoms with Crippen LogP contribution in [-0.2, 0) is 11.2 Å². The molecule has 1 atom stereocenters. The van der Waals surface area contributed by atoms with E-state index < -0.39 is 0 Å². The molecule has 3 aromatic rings. The molecule has 4 heterocycles. The van der Waals surface area contributed by atoms with Gasteiger partial charge in [-0.25, -0.2) is 0 Å². The number of carbonyl (C=O) groups is 2. The van der Waals surface area contributed by atoms with Gasteiger partial charge in [0, 0.05) is 53.1 Å². The summed E-state index contributed by atoms with van der Waals surface area (Å²) < 4.78 is 0. The van der Waals surface area contributed by atoms with Crippen LogP contribution < -0.4 is 0 Å². The number of rotatable bonds is 4. The van der Waals surface area contributed by atoms with Crippen molar-refractivity contribution >= 4 is 46.1 Å². The predicted octanol–water partition coefficient (Wildman–Crippen LogP) is 4.40. The summed E-state index contributed by atoms with van der Waals surface area (Å²) in [5.41, 5.74) is 1.92. The number of thiophene rings is 2. The normalized spacial score (nSPS) is 19.1. The summed E-state index contributed by atoms with van der Waals surface area (Å²) in [6, 6.07) is 13.4. The molecule has 1 fully saturated rings. The summed E-state index contributed by atoms with van der Waals surface area (Å²) in [4.78, 5) is 34.8. The summed E-state index contributed by atoms with van der Waals surface area (Å²) in [6.07, 6.45) is 0.921. The average molecular weight is 486 g/mol. The highest BCUT2D eigenvalue weighted by atomic mass is 35.5. The number of fused-ring (bicyclic) bond motifs is 1. The number of hydrogen-bond acceptors (Lipinski definition) is 5. The van der Waals surface area contributed by atoms with Crippen LogP contribution in [0.1, 0.15) is 31.7 Å². The van der Waals surface area contributed by atoms with E-state index in [0.29, 0.717) is 43.3 Å². The van der Waals surface area contributed by atoms with Crippen LogP contribution in [0.2, 0.25) is 5.02 Å². The molecule has 32 heavy (non-hydrogen) atoms. The molecular weight excluding hydrogens is 462 g/mol. The molecule has 0 radical (unpaired) electrons. The predicted molar refractivity (Wildman–Crippen MR) is 130 cm³/mol. The minimum absolute atomic E-state index is 0.0188. The number of piperazine rings is 1. The van der Waals surface area contributed by atoms with Crippen LogP contribution in [-0.4, -0.2) is 65.8 Å². The summed E-state index contributed by atoms with van der Waals surface area (Å²) in [7, 11) is 0. The van der Waals surface area contributed by atoms with Gasteiger partial charge in [0.05, 0.1) is 12.6 Å². The maximum Gasteiger partial charge on any atom is 0.253 e. The van der Waals surface area contributed by atoms with Crippen LogP contribution >= 0.6 is 34.3 Å². The number of amides is 2. The molecule has 1 saturated heterocycles. The van der Waals surface area contributed by atoms with E-state index in [1.807, 2.05) is 9.80 Å². The highest BCUT2D eigenvalue weighted by molar-refractivity contribution is 7.10. The first-order valence-corrected chi connectivity index (χ1v) is 12.9. The SMILES string of the molecule is O=C(c1ccc(Cl)cc1)N1CCN(CC(=O)N2CCc3sccc3C2c2cccs2)CC1. The molecule has 1 unspecified atom stereocenters. The van der Waals surface area contributed by atoms with Crippen LogP contribution in [0.3, 0.4) is 0 Å². The number of nitrogens with zero attached hydrogens (tertiary/aromatic N) is 3. The van der Waals surface area contributed by atoms with E-state index in [2.05, 4.69) is 33.9 Å². The molecule has 2 amide bonds. The smallest absolute Gasteiger partial charge is 0.253 e. The zero-order valence-electron chi connectivity index (χ0n) is 17.6. The Morgan fingerprint density at radius 2 is 1.72 bits per heavy atom. The van der Waals surface area contributed by atoms with Gasteiger partial charge in [0.2, 0.25) is 5.91 Å². The van der Waals surface area contributed by atoms with Gasteiger partial charge in [0.15, 0.2) is 0 Å². The Morgan fingerprint density at radius 1 is 0.938 bits per heavy atom. The number of carbonyl (C=O) groups excluding carboxylic acids is 2. The van der Waals surface area contributed by atoms with Gasteiger partial charge in [0.1, 0.15) is 0 Å². The van der Waals surface area contributed by atoms with Crippen LogP contribution in [0.25, 0.3) is 0 Å². The van der Waals surface area contributed by atoms with E-state index in [1.54, 1.807) is 46.9 Å². The third-order valence-corrected chi connectivity index (χ3v) is 8.38. The first-order chi connectivity index (χ1) is 15.6. The van der Waals surface area contributed by atoms with Crippen molar-refractivity contribution in [1.82, 2.24) is 14.7 Å². The largest absolute Gasteiger partial charge is 0.336 e. The van der Waals surface area contributed by atoms with Crippen LogP contribution in [0.5, 0.6) is 0 Å². The topological polar surface area (TPSA) is 43.9 Å². The van der Waals surface area contributed by atoms with E-state index in [9.17, 15) is 9.59 Å². The molecule has 8 heteroatoms. The first-order valence-electron chi connectivity index (χ1n) is 10.8. The lowest BCUT2D eigenvalue weighted by Gasteiger charge is -2.39. The molecule has 1 aromatic carbocycles. The number of hydrogen-bond donors (Lipinski definition) is 0. The van der Waals surface area contributed by atoms with E-state index >= 15 is 0 Å².